The number of rotatable bonds is 3. The molecule has 33 heavy (non-hydrogen) atoms. The maximum Gasteiger partial charge on any atom is 0.261 e. The van der Waals surface area contributed by atoms with Crippen LogP contribution in [0.1, 0.15) is 55.9 Å². The number of aromatic nitrogens is 3. The van der Waals surface area contributed by atoms with Gasteiger partial charge < -0.3 is 10.3 Å². The maximum atomic E-state index is 12.9. The molecule has 0 saturated heterocycles. The van der Waals surface area contributed by atoms with Crippen LogP contribution >= 0.6 is 10.6 Å². The van der Waals surface area contributed by atoms with Gasteiger partial charge in [-0.2, -0.15) is 21.0 Å². The molecule has 0 spiro atoms. The van der Waals surface area contributed by atoms with Gasteiger partial charge in [0, 0.05) is 17.4 Å². The van der Waals surface area contributed by atoms with Crippen LogP contribution in [0.15, 0.2) is 40.2 Å². The van der Waals surface area contributed by atoms with Crippen LogP contribution in [0.4, 0.5) is 11.5 Å². The summed E-state index contributed by atoms with van der Waals surface area (Å²) in [7, 11) is -3.27. The van der Waals surface area contributed by atoms with Gasteiger partial charge in [-0.05, 0) is 51.0 Å². The number of carbonyl (C=O) groups excluding carboxylic acids is 1. The Kier molecular flexibility index (Phi) is 4.90. The van der Waals surface area contributed by atoms with Crippen molar-refractivity contribution in [1.29, 1.82) is 5.26 Å². The van der Waals surface area contributed by atoms with E-state index in [0.29, 0.717) is 22.4 Å². The Bertz CT molecular complexity index is 1380. The minimum atomic E-state index is -3.27. The number of nitrogens with zero attached hydrogens (tertiary/aromatic N) is 3. The minimum absolute atomic E-state index is 0.126. The van der Waals surface area contributed by atoms with Gasteiger partial charge in [0.05, 0.1) is 28.4 Å². The number of hydrogen-bond acceptors (Lipinski definition) is 7. The molecular weight excluding hydrogens is 442 g/mol. The number of H-pyrrole nitrogens is 1. The predicted octanol–water partition coefficient (Wildman–Crippen LogP) is 4.81. The van der Waals surface area contributed by atoms with Crippen LogP contribution in [0.25, 0.3) is 10.9 Å². The SMILES string of the molecule is CC1(C)C(=O)c2cc(Nc3nn([C@H]4CCCC[C@@H]4C#N)c4cc[nH]c(=O)c34)ccc2S1(O)O. The molecular formula is C23H25N5O4S. The fourth-order valence-electron chi connectivity index (χ4n) is 4.89. The lowest BCUT2D eigenvalue weighted by molar-refractivity contribution is 0.0956. The van der Waals surface area contributed by atoms with E-state index in [0.717, 1.165) is 25.7 Å². The highest BCUT2D eigenvalue weighted by Crippen LogP contribution is 2.66. The lowest BCUT2D eigenvalue weighted by Crippen LogP contribution is -2.31. The molecule has 2 aliphatic rings. The van der Waals surface area contributed by atoms with Gasteiger partial charge in [-0.1, -0.05) is 12.8 Å². The number of carbonyl (C=O) groups is 1. The van der Waals surface area contributed by atoms with Gasteiger partial charge in [-0.25, -0.2) is 0 Å². The molecule has 1 aliphatic heterocycles. The highest BCUT2D eigenvalue weighted by atomic mass is 32.3. The van der Waals surface area contributed by atoms with Gasteiger partial charge in [0.25, 0.3) is 5.56 Å². The number of Topliss-reactive ketones (excluding diaryl/α,β-unsaturated/α-hetero) is 1. The summed E-state index contributed by atoms with van der Waals surface area (Å²) in [6.07, 6.45) is 5.16. The molecule has 172 valence electrons. The van der Waals surface area contributed by atoms with Crippen molar-refractivity contribution in [3.63, 3.8) is 0 Å². The van der Waals surface area contributed by atoms with Crippen LogP contribution in [-0.4, -0.2) is 34.4 Å². The molecule has 5 rings (SSSR count). The number of hydrogen-bond donors (Lipinski definition) is 4. The van der Waals surface area contributed by atoms with Crippen LogP contribution in [0.5, 0.6) is 0 Å². The Hall–Kier alpha value is -3.13. The molecule has 2 aromatic heterocycles. The first-order valence-electron chi connectivity index (χ1n) is 10.9. The Morgan fingerprint density at radius 3 is 2.76 bits per heavy atom. The third-order valence-corrected chi connectivity index (χ3v) is 9.47. The maximum absolute atomic E-state index is 12.9. The summed E-state index contributed by atoms with van der Waals surface area (Å²) in [6.45, 7) is 3.06. The third-order valence-electron chi connectivity index (χ3n) is 6.89. The van der Waals surface area contributed by atoms with Crippen molar-refractivity contribution in [3.05, 3.63) is 46.4 Å². The second-order valence-corrected chi connectivity index (χ2v) is 11.7. The van der Waals surface area contributed by atoms with E-state index in [1.54, 1.807) is 29.1 Å². The molecule has 3 heterocycles. The lowest BCUT2D eigenvalue weighted by atomic mass is 9.85. The summed E-state index contributed by atoms with van der Waals surface area (Å²) in [5.41, 5.74) is 1.09. The van der Waals surface area contributed by atoms with Gasteiger partial charge in [0.2, 0.25) is 0 Å². The van der Waals surface area contributed by atoms with E-state index in [9.17, 15) is 24.0 Å². The fraction of sp³-hybridized carbons (Fsp3) is 0.391. The van der Waals surface area contributed by atoms with Crippen LogP contribution < -0.4 is 10.9 Å². The second kappa shape index (κ2) is 7.45. The standard InChI is InChI=1S/C23H25N5O4S/c1-23(2)20(29)15-11-14(7-8-18(15)33(23,31)32)26-21-19-17(9-10-25-22(19)30)28(27-21)16-6-4-3-5-13(16)12-24/h7-11,13,16,31-32H,3-6H2,1-2H3,(H,25,30)(H,26,27)/t13-,16+/m1/s1. The zero-order valence-electron chi connectivity index (χ0n) is 18.3. The van der Waals surface area contributed by atoms with E-state index in [1.807, 2.05) is 0 Å². The number of ketones is 1. The molecule has 0 unspecified atom stereocenters. The van der Waals surface area contributed by atoms with Crippen LogP contribution in [-0.2, 0) is 0 Å². The summed E-state index contributed by atoms with van der Waals surface area (Å²) in [5, 5.41) is 17.9. The highest BCUT2D eigenvalue weighted by Gasteiger charge is 2.51. The normalized spacial score (nSPS) is 24.3. The van der Waals surface area contributed by atoms with E-state index in [-0.39, 0.29) is 33.8 Å². The first-order chi connectivity index (χ1) is 15.7. The van der Waals surface area contributed by atoms with Crippen LogP contribution in [0.2, 0.25) is 0 Å². The quantitative estimate of drug-likeness (QED) is 0.433. The molecule has 1 aliphatic carbocycles. The molecule has 1 saturated carbocycles. The van der Waals surface area contributed by atoms with Crippen LogP contribution in [0.3, 0.4) is 0 Å². The van der Waals surface area contributed by atoms with Gasteiger partial charge in [-0.15, -0.1) is 0 Å². The summed E-state index contributed by atoms with van der Waals surface area (Å²) in [5.74, 6) is -0.196. The van der Waals surface area contributed by atoms with Gasteiger partial charge in [0.15, 0.2) is 11.6 Å². The smallest absolute Gasteiger partial charge is 0.261 e. The average molecular weight is 468 g/mol. The molecule has 0 radical (unpaired) electrons. The number of aromatic amines is 1. The number of benzene rings is 1. The molecule has 9 nitrogen and oxygen atoms in total. The minimum Gasteiger partial charge on any atom is -0.338 e. The molecule has 4 N–H and O–H groups in total. The number of pyridine rings is 1. The van der Waals surface area contributed by atoms with Crippen molar-refractivity contribution in [2.24, 2.45) is 5.92 Å². The molecule has 10 heteroatoms. The van der Waals surface area contributed by atoms with Crippen molar-refractivity contribution in [2.75, 3.05) is 5.32 Å². The largest absolute Gasteiger partial charge is 0.338 e. The van der Waals surface area contributed by atoms with Gasteiger partial charge in [-0.3, -0.25) is 23.4 Å². The zero-order valence-corrected chi connectivity index (χ0v) is 19.1. The van der Waals surface area contributed by atoms with E-state index in [2.05, 4.69) is 16.4 Å². The number of nitriles is 1. The Balaban J connectivity index is 1.59. The van der Waals surface area contributed by atoms with Crippen molar-refractivity contribution >= 4 is 38.8 Å². The number of fused-ring (bicyclic) bond motifs is 2. The molecule has 3 aromatic rings. The van der Waals surface area contributed by atoms with E-state index in [4.69, 9.17) is 5.10 Å². The first kappa shape index (κ1) is 21.7. The highest BCUT2D eigenvalue weighted by molar-refractivity contribution is 8.26. The molecule has 0 amide bonds. The first-order valence-corrected chi connectivity index (χ1v) is 12.4. The molecule has 1 aromatic carbocycles. The summed E-state index contributed by atoms with van der Waals surface area (Å²) in [4.78, 5) is 28.5. The van der Waals surface area contributed by atoms with Crippen LogP contribution in [0, 0.1) is 17.2 Å². The second-order valence-electron chi connectivity index (χ2n) is 9.17. The number of anilines is 2. The monoisotopic (exact) mass is 467 g/mol. The van der Waals surface area contributed by atoms with Gasteiger partial charge in [0.1, 0.15) is 10.1 Å². The average Bonchev–Trinajstić information content (AvgIpc) is 3.22. The summed E-state index contributed by atoms with van der Waals surface area (Å²) < 4.78 is 21.7. The van der Waals surface area contributed by atoms with E-state index < -0.39 is 15.3 Å². The zero-order chi connectivity index (χ0) is 23.5. The molecule has 2 atom stereocenters. The molecule has 1 fully saturated rings. The molecule has 0 bridgehead atoms. The van der Waals surface area contributed by atoms with E-state index in [1.165, 1.54) is 19.9 Å². The number of nitrogens with one attached hydrogen (secondary N) is 2. The summed E-state index contributed by atoms with van der Waals surface area (Å²) >= 11 is 0. The van der Waals surface area contributed by atoms with E-state index >= 15 is 0 Å². The topological polar surface area (TPSA) is 144 Å². The van der Waals surface area contributed by atoms with Crippen molar-refractivity contribution in [2.45, 2.75) is 55.2 Å². The Morgan fingerprint density at radius 2 is 2.00 bits per heavy atom. The van der Waals surface area contributed by atoms with Gasteiger partial charge >= 0.3 is 0 Å². The summed E-state index contributed by atoms with van der Waals surface area (Å²) in [6, 6.07) is 8.79. The van der Waals surface area contributed by atoms with Crippen molar-refractivity contribution in [3.8, 4) is 6.07 Å². The third kappa shape index (κ3) is 3.11. The predicted molar refractivity (Wildman–Crippen MR) is 126 cm³/mol. The Labute approximate surface area is 191 Å². The van der Waals surface area contributed by atoms with Crippen molar-refractivity contribution in [1.82, 2.24) is 14.8 Å². The fourth-order valence-corrected chi connectivity index (χ4v) is 6.53. The lowest BCUT2D eigenvalue weighted by Gasteiger charge is -2.39. The Morgan fingerprint density at radius 1 is 1.24 bits per heavy atom. The van der Waals surface area contributed by atoms with Crippen molar-refractivity contribution < 1.29 is 13.9 Å².